The van der Waals surface area contributed by atoms with E-state index in [1.807, 2.05) is 6.92 Å². The normalized spacial score (nSPS) is 10.3. The Labute approximate surface area is 124 Å². The SMILES string of the molecule is CCCNc1cc(Oc2cc(F)ccc2Br)nc(N)n1. The molecule has 0 bridgehead atoms. The molecule has 1 aromatic carbocycles. The molecule has 3 N–H and O–H groups in total. The molecule has 0 atom stereocenters. The third kappa shape index (κ3) is 3.80. The van der Waals surface area contributed by atoms with E-state index in [1.165, 1.54) is 12.1 Å². The number of nitrogen functional groups attached to an aromatic ring is 1. The predicted molar refractivity (Wildman–Crippen MR) is 79.4 cm³/mol. The Morgan fingerprint density at radius 1 is 1.35 bits per heavy atom. The molecule has 0 unspecified atom stereocenters. The van der Waals surface area contributed by atoms with Gasteiger partial charge in [0.1, 0.15) is 17.4 Å². The number of hydrogen-bond donors (Lipinski definition) is 2. The lowest BCUT2D eigenvalue weighted by Crippen LogP contribution is -2.05. The van der Waals surface area contributed by atoms with Crippen molar-refractivity contribution < 1.29 is 9.13 Å². The molecule has 0 spiro atoms. The lowest BCUT2D eigenvalue weighted by Gasteiger charge is -2.09. The van der Waals surface area contributed by atoms with Crippen molar-refractivity contribution in [2.45, 2.75) is 13.3 Å². The van der Waals surface area contributed by atoms with Gasteiger partial charge in [0.2, 0.25) is 11.8 Å². The summed E-state index contributed by atoms with van der Waals surface area (Å²) in [5.41, 5.74) is 5.62. The van der Waals surface area contributed by atoms with E-state index in [0.29, 0.717) is 16.0 Å². The van der Waals surface area contributed by atoms with E-state index in [9.17, 15) is 4.39 Å². The number of aromatic nitrogens is 2. The van der Waals surface area contributed by atoms with Gasteiger partial charge in [0.25, 0.3) is 0 Å². The summed E-state index contributed by atoms with van der Waals surface area (Å²) in [4.78, 5) is 8.01. The molecule has 0 aliphatic heterocycles. The summed E-state index contributed by atoms with van der Waals surface area (Å²) in [6.45, 7) is 2.80. The molecular formula is C13H14BrFN4O. The van der Waals surface area contributed by atoms with E-state index in [2.05, 4.69) is 31.2 Å². The highest BCUT2D eigenvalue weighted by atomic mass is 79.9. The minimum absolute atomic E-state index is 0.0913. The zero-order chi connectivity index (χ0) is 14.5. The number of nitrogens with zero attached hydrogens (tertiary/aromatic N) is 2. The second kappa shape index (κ2) is 6.51. The van der Waals surface area contributed by atoms with Crippen LogP contribution in [0.2, 0.25) is 0 Å². The highest BCUT2D eigenvalue weighted by molar-refractivity contribution is 9.10. The van der Waals surface area contributed by atoms with Crippen LogP contribution >= 0.6 is 15.9 Å². The molecule has 1 heterocycles. The first-order chi connectivity index (χ1) is 9.58. The summed E-state index contributed by atoms with van der Waals surface area (Å²) in [5, 5.41) is 3.09. The summed E-state index contributed by atoms with van der Waals surface area (Å²) in [6.07, 6.45) is 0.954. The lowest BCUT2D eigenvalue weighted by molar-refractivity contribution is 0.455. The predicted octanol–water partition coefficient (Wildman–Crippen LogP) is 3.57. The average Bonchev–Trinajstić information content (AvgIpc) is 2.40. The van der Waals surface area contributed by atoms with Crippen LogP contribution in [-0.4, -0.2) is 16.5 Å². The van der Waals surface area contributed by atoms with Crippen LogP contribution in [0.4, 0.5) is 16.2 Å². The van der Waals surface area contributed by atoms with E-state index in [0.717, 1.165) is 13.0 Å². The number of halogens is 2. The highest BCUT2D eigenvalue weighted by Gasteiger charge is 2.08. The molecule has 0 aliphatic carbocycles. The summed E-state index contributed by atoms with van der Waals surface area (Å²) in [5.74, 6) is 0.844. The number of hydrogen-bond acceptors (Lipinski definition) is 5. The first kappa shape index (κ1) is 14.5. The van der Waals surface area contributed by atoms with Crippen molar-refractivity contribution in [3.05, 3.63) is 34.6 Å². The zero-order valence-electron chi connectivity index (χ0n) is 10.9. The molecule has 0 aliphatic rings. The summed E-state index contributed by atoms with van der Waals surface area (Å²) in [6, 6.07) is 5.77. The Bertz CT molecular complexity index is 609. The van der Waals surface area contributed by atoms with E-state index in [1.54, 1.807) is 12.1 Å². The molecule has 0 radical (unpaired) electrons. The van der Waals surface area contributed by atoms with Gasteiger partial charge in [0.15, 0.2) is 0 Å². The largest absolute Gasteiger partial charge is 0.437 e. The Kier molecular flexibility index (Phi) is 4.73. The van der Waals surface area contributed by atoms with Gasteiger partial charge in [-0.1, -0.05) is 6.92 Å². The fourth-order valence-corrected chi connectivity index (χ4v) is 1.83. The molecule has 0 saturated heterocycles. The molecule has 0 saturated carbocycles. The molecule has 2 rings (SSSR count). The van der Waals surface area contributed by atoms with Gasteiger partial charge >= 0.3 is 0 Å². The van der Waals surface area contributed by atoms with Crippen molar-refractivity contribution in [1.29, 1.82) is 0 Å². The fraction of sp³-hybridized carbons (Fsp3) is 0.231. The fourth-order valence-electron chi connectivity index (χ4n) is 1.51. The van der Waals surface area contributed by atoms with Crippen LogP contribution in [0.25, 0.3) is 0 Å². The summed E-state index contributed by atoms with van der Waals surface area (Å²) >= 11 is 3.28. The van der Waals surface area contributed by atoms with Crippen LogP contribution in [0.3, 0.4) is 0 Å². The van der Waals surface area contributed by atoms with E-state index < -0.39 is 5.82 Å². The summed E-state index contributed by atoms with van der Waals surface area (Å²) in [7, 11) is 0. The van der Waals surface area contributed by atoms with Gasteiger partial charge in [-0.3, -0.25) is 0 Å². The van der Waals surface area contributed by atoms with E-state index in [4.69, 9.17) is 10.5 Å². The van der Waals surface area contributed by atoms with E-state index in [-0.39, 0.29) is 11.8 Å². The van der Waals surface area contributed by atoms with Crippen molar-refractivity contribution in [3.63, 3.8) is 0 Å². The smallest absolute Gasteiger partial charge is 0.226 e. The van der Waals surface area contributed by atoms with Crippen molar-refractivity contribution in [3.8, 4) is 11.6 Å². The van der Waals surface area contributed by atoms with Gasteiger partial charge in [0, 0.05) is 18.7 Å². The standard InChI is InChI=1S/C13H14BrFN4O/c1-2-5-17-11-7-12(19-13(16)18-11)20-10-6-8(15)3-4-9(10)14/h3-4,6-7H,2,5H2,1H3,(H3,16,17,18,19). The van der Waals surface area contributed by atoms with Crippen LogP contribution in [0.5, 0.6) is 11.6 Å². The Hall–Kier alpha value is -1.89. The van der Waals surface area contributed by atoms with Crippen LogP contribution in [-0.2, 0) is 0 Å². The van der Waals surface area contributed by atoms with Gasteiger partial charge in [-0.05, 0) is 34.5 Å². The van der Waals surface area contributed by atoms with Crippen molar-refractivity contribution in [2.75, 3.05) is 17.6 Å². The Balaban J connectivity index is 2.24. The monoisotopic (exact) mass is 340 g/mol. The second-order valence-electron chi connectivity index (χ2n) is 4.05. The van der Waals surface area contributed by atoms with Crippen LogP contribution < -0.4 is 15.8 Å². The molecule has 5 nitrogen and oxygen atoms in total. The van der Waals surface area contributed by atoms with Crippen LogP contribution in [0.1, 0.15) is 13.3 Å². The minimum Gasteiger partial charge on any atom is -0.437 e. The topological polar surface area (TPSA) is 73.1 Å². The Morgan fingerprint density at radius 2 is 2.15 bits per heavy atom. The molecule has 106 valence electrons. The molecule has 0 amide bonds. The first-order valence-electron chi connectivity index (χ1n) is 6.10. The van der Waals surface area contributed by atoms with Gasteiger partial charge in [0.05, 0.1) is 4.47 Å². The van der Waals surface area contributed by atoms with Gasteiger partial charge in [-0.25, -0.2) is 4.39 Å². The molecular weight excluding hydrogens is 327 g/mol. The third-order valence-corrected chi connectivity index (χ3v) is 3.04. The molecule has 7 heteroatoms. The number of benzene rings is 1. The van der Waals surface area contributed by atoms with Crippen molar-refractivity contribution in [2.24, 2.45) is 0 Å². The molecule has 20 heavy (non-hydrogen) atoms. The Morgan fingerprint density at radius 3 is 2.90 bits per heavy atom. The zero-order valence-corrected chi connectivity index (χ0v) is 12.4. The number of nitrogens with two attached hydrogens (primary N) is 1. The number of rotatable bonds is 5. The van der Waals surface area contributed by atoms with Crippen molar-refractivity contribution in [1.82, 2.24) is 9.97 Å². The molecule has 0 fully saturated rings. The van der Waals surface area contributed by atoms with Crippen LogP contribution in [0.15, 0.2) is 28.7 Å². The number of nitrogens with one attached hydrogen (secondary N) is 1. The third-order valence-electron chi connectivity index (χ3n) is 2.38. The maximum Gasteiger partial charge on any atom is 0.226 e. The van der Waals surface area contributed by atoms with Gasteiger partial charge < -0.3 is 15.8 Å². The van der Waals surface area contributed by atoms with Gasteiger partial charge in [-0.15, -0.1) is 0 Å². The van der Waals surface area contributed by atoms with Crippen LogP contribution in [0, 0.1) is 5.82 Å². The average molecular weight is 341 g/mol. The maximum atomic E-state index is 13.2. The molecule has 2 aromatic rings. The van der Waals surface area contributed by atoms with E-state index >= 15 is 0 Å². The maximum absolute atomic E-state index is 13.2. The first-order valence-corrected chi connectivity index (χ1v) is 6.89. The van der Waals surface area contributed by atoms with Crippen molar-refractivity contribution >= 4 is 27.7 Å². The lowest BCUT2D eigenvalue weighted by atomic mass is 10.3. The van der Waals surface area contributed by atoms with Gasteiger partial charge in [-0.2, -0.15) is 9.97 Å². The minimum atomic E-state index is -0.394. The number of ether oxygens (including phenoxy) is 1. The molecule has 1 aromatic heterocycles. The highest BCUT2D eigenvalue weighted by Crippen LogP contribution is 2.30. The second-order valence-corrected chi connectivity index (χ2v) is 4.91. The quantitative estimate of drug-likeness (QED) is 0.870. The summed E-state index contributed by atoms with van der Waals surface area (Å²) < 4.78 is 19.4. The number of anilines is 2.